The van der Waals surface area contributed by atoms with Crippen LogP contribution in [0, 0.1) is 12.8 Å². The molecule has 6 heteroatoms. The van der Waals surface area contributed by atoms with E-state index in [1.807, 2.05) is 57.2 Å². The second kappa shape index (κ2) is 17.7. The van der Waals surface area contributed by atoms with Gasteiger partial charge in [-0.05, 0) is 82.9 Å². The standard InChI is InChI=1S/C19H32N4O2.C10H10.C2H6/c1-16-18(21-15-25-16)14-23-12-6-17(7-13-23)19(24)20-8-5-11-22-9-3-2-4-10-22;1-3-9-7-5-6-8-10(9)4-2;1-2/h15,17H,2-14H2,1H3,(H,20,24);3-8H,1-2H2;1-2H3. The van der Waals surface area contributed by atoms with Crippen LogP contribution in [0.5, 0.6) is 0 Å². The quantitative estimate of drug-likeness (QED) is 0.410. The zero-order chi connectivity index (χ0) is 26.9. The lowest BCUT2D eigenvalue weighted by molar-refractivity contribution is -0.126. The Morgan fingerprint density at radius 3 is 2.19 bits per heavy atom. The van der Waals surface area contributed by atoms with E-state index in [0.29, 0.717) is 0 Å². The van der Waals surface area contributed by atoms with E-state index in [0.717, 1.165) is 74.6 Å². The fourth-order valence-electron chi connectivity index (χ4n) is 4.77. The van der Waals surface area contributed by atoms with Gasteiger partial charge in [0.1, 0.15) is 5.76 Å². The Kier molecular flexibility index (Phi) is 14.6. The third-order valence-corrected chi connectivity index (χ3v) is 7.01. The van der Waals surface area contributed by atoms with Gasteiger partial charge in [0.2, 0.25) is 5.91 Å². The molecule has 0 saturated carbocycles. The highest BCUT2D eigenvalue weighted by atomic mass is 16.3. The number of rotatable bonds is 9. The van der Waals surface area contributed by atoms with Crippen molar-refractivity contribution in [3.05, 3.63) is 66.4 Å². The number of nitrogens with zero attached hydrogens (tertiary/aromatic N) is 3. The van der Waals surface area contributed by atoms with Gasteiger partial charge in [0.05, 0.1) is 5.69 Å². The number of carbonyl (C=O) groups is 1. The lowest BCUT2D eigenvalue weighted by Gasteiger charge is -2.31. The van der Waals surface area contributed by atoms with Crippen molar-refractivity contribution in [1.29, 1.82) is 0 Å². The summed E-state index contributed by atoms with van der Waals surface area (Å²) < 4.78 is 5.26. The minimum atomic E-state index is 0.171. The molecule has 1 aromatic heterocycles. The van der Waals surface area contributed by atoms with Gasteiger partial charge < -0.3 is 14.6 Å². The second-order valence-electron chi connectivity index (χ2n) is 9.49. The maximum absolute atomic E-state index is 12.4. The van der Waals surface area contributed by atoms with Crippen LogP contribution in [0.4, 0.5) is 0 Å². The van der Waals surface area contributed by atoms with Crippen molar-refractivity contribution in [3.63, 3.8) is 0 Å². The molecule has 1 amide bonds. The minimum Gasteiger partial charge on any atom is -0.448 e. The number of aryl methyl sites for hydroxylation is 1. The maximum Gasteiger partial charge on any atom is 0.223 e. The number of nitrogens with one attached hydrogen (secondary N) is 1. The van der Waals surface area contributed by atoms with Gasteiger partial charge >= 0.3 is 0 Å². The number of piperidine rings is 2. The zero-order valence-electron chi connectivity index (χ0n) is 23.4. The average molecular weight is 509 g/mol. The molecule has 2 aliphatic rings. The summed E-state index contributed by atoms with van der Waals surface area (Å²) in [5.74, 6) is 1.31. The van der Waals surface area contributed by atoms with Crippen LogP contribution in [0.2, 0.25) is 0 Å². The molecule has 2 aliphatic heterocycles. The molecule has 0 bridgehead atoms. The molecule has 3 heterocycles. The summed E-state index contributed by atoms with van der Waals surface area (Å²) in [5, 5.41) is 3.15. The third kappa shape index (κ3) is 10.7. The van der Waals surface area contributed by atoms with Crippen LogP contribution in [-0.2, 0) is 11.3 Å². The lowest BCUT2D eigenvalue weighted by atomic mass is 9.95. The molecule has 6 nitrogen and oxygen atoms in total. The third-order valence-electron chi connectivity index (χ3n) is 7.01. The van der Waals surface area contributed by atoms with Crippen LogP contribution >= 0.6 is 0 Å². The molecule has 0 aliphatic carbocycles. The summed E-state index contributed by atoms with van der Waals surface area (Å²) >= 11 is 0. The van der Waals surface area contributed by atoms with Crippen molar-refractivity contribution in [2.45, 2.75) is 65.8 Å². The summed E-state index contributed by atoms with van der Waals surface area (Å²) in [7, 11) is 0. The maximum atomic E-state index is 12.4. The highest BCUT2D eigenvalue weighted by Crippen LogP contribution is 2.20. The molecular weight excluding hydrogens is 460 g/mol. The van der Waals surface area contributed by atoms with Crippen molar-refractivity contribution in [3.8, 4) is 0 Å². The number of benzene rings is 1. The number of carbonyl (C=O) groups excluding carboxylic acids is 1. The number of oxazole rings is 1. The summed E-state index contributed by atoms with van der Waals surface area (Å²) in [6.07, 6.45) is 12.2. The Hall–Kier alpha value is -2.70. The molecule has 0 radical (unpaired) electrons. The van der Waals surface area contributed by atoms with Gasteiger partial charge in [-0.3, -0.25) is 9.69 Å². The Labute approximate surface area is 224 Å². The van der Waals surface area contributed by atoms with E-state index in [-0.39, 0.29) is 11.8 Å². The molecule has 2 saturated heterocycles. The highest BCUT2D eigenvalue weighted by molar-refractivity contribution is 5.78. The molecule has 0 atom stereocenters. The van der Waals surface area contributed by atoms with E-state index < -0.39 is 0 Å². The molecular formula is C31H48N4O2. The lowest BCUT2D eigenvalue weighted by Crippen LogP contribution is -2.41. The first-order chi connectivity index (χ1) is 18.1. The predicted octanol–water partition coefficient (Wildman–Crippen LogP) is 6.19. The van der Waals surface area contributed by atoms with Gasteiger partial charge in [-0.15, -0.1) is 0 Å². The van der Waals surface area contributed by atoms with Crippen LogP contribution in [-0.4, -0.2) is 60.0 Å². The Morgan fingerprint density at radius 2 is 1.65 bits per heavy atom. The molecule has 1 aromatic carbocycles. The zero-order valence-corrected chi connectivity index (χ0v) is 23.4. The molecule has 1 N–H and O–H groups in total. The van der Waals surface area contributed by atoms with Crippen molar-refractivity contribution in [2.75, 3.05) is 39.3 Å². The minimum absolute atomic E-state index is 0.171. The molecule has 204 valence electrons. The smallest absolute Gasteiger partial charge is 0.223 e. The fourth-order valence-corrected chi connectivity index (χ4v) is 4.77. The number of likely N-dealkylation sites (tertiary alicyclic amines) is 2. The summed E-state index contributed by atoms with van der Waals surface area (Å²) in [6, 6.07) is 8.02. The molecule has 37 heavy (non-hydrogen) atoms. The van der Waals surface area contributed by atoms with Gasteiger partial charge in [-0.25, -0.2) is 4.98 Å². The van der Waals surface area contributed by atoms with E-state index in [9.17, 15) is 4.79 Å². The number of aromatic nitrogens is 1. The van der Waals surface area contributed by atoms with E-state index in [1.165, 1.54) is 38.7 Å². The van der Waals surface area contributed by atoms with Crippen LogP contribution < -0.4 is 5.32 Å². The Balaban J connectivity index is 0.000000336. The topological polar surface area (TPSA) is 61.6 Å². The average Bonchev–Trinajstić information content (AvgIpc) is 3.37. The first-order valence-electron chi connectivity index (χ1n) is 14.1. The largest absolute Gasteiger partial charge is 0.448 e. The number of hydrogen-bond donors (Lipinski definition) is 1. The SMILES string of the molecule is C=Cc1ccccc1C=C.CC.Cc1ocnc1CN1CCC(C(=O)NCCCN2CCCCC2)CC1. The van der Waals surface area contributed by atoms with Gasteiger partial charge in [0.15, 0.2) is 6.39 Å². The fraction of sp³-hybridized carbons (Fsp3) is 0.548. The Morgan fingerprint density at radius 1 is 1.03 bits per heavy atom. The van der Waals surface area contributed by atoms with E-state index >= 15 is 0 Å². The first kappa shape index (κ1) is 30.5. The molecule has 0 spiro atoms. The van der Waals surface area contributed by atoms with E-state index in [2.05, 4.69) is 33.3 Å². The van der Waals surface area contributed by atoms with Crippen LogP contribution in [0.15, 0.2) is 48.2 Å². The van der Waals surface area contributed by atoms with Crippen molar-refractivity contribution < 1.29 is 9.21 Å². The monoisotopic (exact) mass is 508 g/mol. The summed E-state index contributed by atoms with van der Waals surface area (Å²) in [5.41, 5.74) is 3.29. The molecule has 2 fully saturated rings. The van der Waals surface area contributed by atoms with Gasteiger partial charge in [0.25, 0.3) is 0 Å². The molecule has 4 rings (SSSR count). The van der Waals surface area contributed by atoms with Crippen molar-refractivity contribution in [1.82, 2.24) is 20.1 Å². The van der Waals surface area contributed by atoms with Crippen LogP contribution in [0.1, 0.15) is 75.0 Å². The van der Waals surface area contributed by atoms with E-state index in [1.54, 1.807) is 0 Å². The predicted molar refractivity (Wildman–Crippen MR) is 155 cm³/mol. The molecule has 0 unspecified atom stereocenters. The van der Waals surface area contributed by atoms with Crippen LogP contribution in [0.25, 0.3) is 12.2 Å². The summed E-state index contributed by atoms with van der Waals surface area (Å²) in [4.78, 5) is 21.5. The van der Waals surface area contributed by atoms with Gasteiger partial charge in [-0.1, -0.05) is 69.8 Å². The first-order valence-corrected chi connectivity index (χ1v) is 14.1. The molecule has 2 aromatic rings. The van der Waals surface area contributed by atoms with Crippen molar-refractivity contribution in [2.24, 2.45) is 5.92 Å². The highest BCUT2D eigenvalue weighted by Gasteiger charge is 2.25. The Bertz CT molecular complexity index is 898. The van der Waals surface area contributed by atoms with Crippen LogP contribution in [0.3, 0.4) is 0 Å². The second-order valence-corrected chi connectivity index (χ2v) is 9.49. The number of amides is 1. The van der Waals surface area contributed by atoms with Crippen molar-refractivity contribution >= 4 is 18.1 Å². The number of hydrogen-bond acceptors (Lipinski definition) is 5. The normalized spacial score (nSPS) is 16.5. The van der Waals surface area contributed by atoms with E-state index in [4.69, 9.17) is 4.42 Å². The van der Waals surface area contributed by atoms with Gasteiger partial charge in [-0.2, -0.15) is 0 Å². The summed E-state index contributed by atoms with van der Waals surface area (Å²) in [6.45, 7) is 20.5. The van der Waals surface area contributed by atoms with Gasteiger partial charge in [0, 0.05) is 19.0 Å².